The van der Waals surface area contributed by atoms with Gasteiger partial charge in [0.2, 0.25) is 0 Å². The molecule has 2 nitrogen and oxygen atoms in total. The molecular weight excluding hydrogens is 254 g/mol. The highest BCUT2D eigenvalue weighted by molar-refractivity contribution is 7.98. The molecule has 0 fully saturated rings. The van der Waals surface area contributed by atoms with Crippen molar-refractivity contribution in [2.45, 2.75) is 46.6 Å². The maximum atomic E-state index is 12.2. The van der Waals surface area contributed by atoms with Gasteiger partial charge < -0.3 is 0 Å². The molecule has 1 atom stereocenters. The van der Waals surface area contributed by atoms with Crippen LogP contribution in [0.2, 0.25) is 0 Å². The first kappa shape index (κ1) is 16.3. The smallest absolute Gasteiger partial charge is 0.0327 e. The summed E-state index contributed by atoms with van der Waals surface area (Å²) < 4.78 is 15.3. The maximum absolute atomic E-state index is 12.2. The second kappa shape index (κ2) is 6.10. The first-order valence-corrected chi connectivity index (χ1v) is 8.69. The van der Waals surface area contributed by atoms with Crippen LogP contribution in [0.25, 0.3) is 0 Å². The summed E-state index contributed by atoms with van der Waals surface area (Å²) in [6, 6.07) is 8.44. The van der Waals surface area contributed by atoms with Crippen LogP contribution in [0.4, 0.5) is 0 Å². The van der Waals surface area contributed by atoms with Gasteiger partial charge in [-0.15, -0.1) is 0 Å². The largest absolute Gasteiger partial charge is 0.253 e. The topological polar surface area (TPSA) is 29.1 Å². The lowest BCUT2D eigenvalue weighted by molar-refractivity contribution is 0.589. The van der Waals surface area contributed by atoms with Gasteiger partial charge in [0.1, 0.15) is 0 Å². The third-order valence-corrected chi connectivity index (χ3v) is 4.81. The summed E-state index contributed by atoms with van der Waals surface area (Å²) in [6.45, 7) is 11.3. The van der Waals surface area contributed by atoms with Gasteiger partial charge in [-0.3, -0.25) is 4.21 Å². The Morgan fingerprint density at radius 1 is 1.32 bits per heavy atom. The summed E-state index contributed by atoms with van der Waals surface area (Å²) >= 11 is 0. The lowest BCUT2D eigenvalue weighted by Crippen LogP contribution is -2.28. The van der Waals surface area contributed by atoms with E-state index in [4.69, 9.17) is 0 Å². The second-order valence-corrected chi connectivity index (χ2v) is 8.89. The molecule has 0 aliphatic rings. The van der Waals surface area contributed by atoms with Crippen molar-refractivity contribution in [3.63, 3.8) is 0 Å². The van der Waals surface area contributed by atoms with E-state index in [0.717, 1.165) is 5.56 Å². The molecule has 1 rings (SSSR count). The summed E-state index contributed by atoms with van der Waals surface area (Å²) in [7, 11) is -2.18. The summed E-state index contributed by atoms with van der Waals surface area (Å²) in [5.74, 6) is 4.82. The molecular formula is C16H27NOS. The van der Waals surface area contributed by atoms with Gasteiger partial charge in [-0.1, -0.05) is 58.9 Å². The average molecular weight is 281 g/mol. The Labute approximate surface area is 118 Å². The number of hydrogen-bond acceptors (Lipinski definition) is 1. The van der Waals surface area contributed by atoms with Crippen molar-refractivity contribution in [1.82, 2.24) is 4.72 Å². The van der Waals surface area contributed by atoms with Crippen LogP contribution in [0.3, 0.4) is 0 Å². The van der Waals surface area contributed by atoms with Gasteiger partial charge in [-0.2, -0.15) is 0 Å². The van der Waals surface area contributed by atoms with E-state index in [2.05, 4.69) is 69.5 Å². The SMILES string of the molecule is C=S(=O)(CC(C)C)NCc1cccc(C(C)(C)C)c1. The molecule has 1 unspecified atom stereocenters. The molecule has 0 aliphatic carbocycles. The van der Waals surface area contributed by atoms with E-state index in [1.165, 1.54) is 5.56 Å². The molecule has 0 radical (unpaired) electrons. The van der Waals surface area contributed by atoms with Crippen LogP contribution >= 0.6 is 0 Å². The monoisotopic (exact) mass is 281 g/mol. The molecule has 1 aromatic rings. The fourth-order valence-electron chi connectivity index (χ4n) is 1.96. The third kappa shape index (κ3) is 5.79. The molecule has 3 heteroatoms. The van der Waals surface area contributed by atoms with Crippen LogP contribution in [0.15, 0.2) is 24.3 Å². The Bertz CT molecular complexity index is 510. The Balaban J connectivity index is 2.74. The second-order valence-electron chi connectivity index (χ2n) is 6.64. The lowest BCUT2D eigenvalue weighted by Gasteiger charge is -2.20. The van der Waals surface area contributed by atoms with Gasteiger partial charge >= 0.3 is 0 Å². The van der Waals surface area contributed by atoms with E-state index in [9.17, 15) is 4.21 Å². The minimum Gasteiger partial charge on any atom is -0.253 e. The van der Waals surface area contributed by atoms with Crippen LogP contribution in [0.1, 0.15) is 45.7 Å². The highest BCUT2D eigenvalue weighted by atomic mass is 32.2. The van der Waals surface area contributed by atoms with E-state index in [-0.39, 0.29) is 5.41 Å². The minimum absolute atomic E-state index is 0.139. The minimum atomic E-state index is -2.18. The molecule has 0 aromatic heterocycles. The zero-order valence-corrected chi connectivity index (χ0v) is 13.6. The van der Waals surface area contributed by atoms with Crippen molar-refractivity contribution < 1.29 is 4.21 Å². The van der Waals surface area contributed by atoms with Crippen LogP contribution in [0.5, 0.6) is 0 Å². The summed E-state index contributed by atoms with van der Waals surface area (Å²) in [5, 5.41) is 0. The van der Waals surface area contributed by atoms with E-state index < -0.39 is 9.71 Å². The molecule has 0 saturated heterocycles. The predicted octanol–water partition coefficient (Wildman–Crippen LogP) is 3.36. The van der Waals surface area contributed by atoms with Crippen LogP contribution in [0, 0.1) is 5.92 Å². The van der Waals surface area contributed by atoms with Crippen LogP contribution in [-0.4, -0.2) is 15.8 Å². The van der Waals surface area contributed by atoms with Crippen molar-refractivity contribution in [2.24, 2.45) is 5.92 Å². The Hall–Kier alpha value is -0.800. The van der Waals surface area contributed by atoms with E-state index in [1.807, 2.05) is 0 Å². The van der Waals surface area contributed by atoms with Crippen LogP contribution < -0.4 is 4.72 Å². The number of nitrogens with one attached hydrogen (secondary N) is 1. The lowest BCUT2D eigenvalue weighted by atomic mass is 9.86. The van der Waals surface area contributed by atoms with Crippen molar-refractivity contribution in [2.75, 3.05) is 5.75 Å². The molecule has 0 aliphatic heterocycles. The fraction of sp³-hybridized carbons (Fsp3) is 0.562. The first-order valence-electron chi connectivity index (χ1n) is 6.79. The Morgan fingerprint density at radius 3 is 2.47 bits per heavy atom. The quantitative estimate of drug-likeness (QED) is 0.824. The number of benzene rings is 1. The van der Waals surface area contributed by atoms with Crippen LogP contribution in [-0.2, 0) is 21.7 Å². The molecule has 0 amide bonds. The summed E-state index contributed by atoms with van der Waals surface area (Å²) in [6.07, 6.45) is 0. The molecule has 0 spiro atoms. The van der Waals surface area contributed by atoms with E-state index >= 15 is 0 Å². The third-order valence-electron chi connectivity index (χ3n) is 2.93. The normalized spacial score (nSPS) is 15.5. The summed E-state index contributed by atoms with van der Waals surface area (Å²) in [5.41, 5.74) is 2.60. The van der Waals surface area contributed by atoms with Gasteiger partial charge in [0.05, 0.1) is 0 Å². The Kier molecular flexibility index (Phi) is 5.22. The van der Waals surface area contributed by atoms with Gasteiger partial charge in [0.15, 0.2) is 0 Å². The average Bonchev–Trinajstić information content (AvgIpc) is 2.24. The predicted molar refractivity (Wildman–Crippen MR) is 87.0 cm³/mol. The van der Waals surface area contributed by atoms with E-state index in [0.29, 0.717) is 18.2 Å². The molecule has 1 aromatic carbocycles. The van der Waals surface area contributed by atoms with Crippen molar-refractivity contribution in [1.29, 1.82) is 0 Å². The molecule has 0 heterocycles. The molecule has 0 saturated carbocycles. The Morgan fingerprint density at radius 2 is 1.95 bits per heavy atom. The molecule has 1 N–H and O–H groups in total. The summed E-state index contributed by atoms with van der Waals surface area (Å²) in [4.78, 5) is 0. The maximum Gasteiger partial charge on any atom is 0.0327 e. The first-order chi connectivity index (χ1) is 8.60. The number of rotatable bonds is 5. The molecule has 19 heavy (non-hydrogen) atoms. The zero-order chi connectivity index (χ0) is 14.7. The van der Waals surface area contributed by atoms with Crippen molar-refractivity contribution in [3.05, 3.63) is 35.4 Å². The fourth-order valence-corrected chi connectivity index (χ4v) is 3.58. The van der Waals surface area contributed by atoms with Gasteiger partial charge in [0, 0.05) is 22.0 Å². The van der Waals surface area contributed by atoms with Gasteiger partial charge in [-0.25, -0.2) is 4.72 Å². The zero-order valence-electron chi connectivity index (χ0n) is 12.8. The number of hydrogen-bond donors (Lipinski definition) is 1. The standard InChI is InChI=1S/C16H27NOS/c1-13(2)12-19(6,18)17-11-14-8-7-9-15(10-14)16(3,4)5/h7-10,13H,6,11-12H2,1-5H3,(H,17,18). The molecule has 108 valence electrons. The van der Waals surface area contributed by atoms with E-state index in [1.54, 1.807) is 0 Å². The molecule has 0 bridgehead atoms. The van der Waals surface area contributed by atoms with Gasteiger partial charge in [-0.05, 0) is 28.3 Å². The van der Waals surface area contributed by atoms with Crippen molar-refractivity contribution >= 4 is 15.6 Å². The van der Waals surface area contributed by atoms with Gasteiger partial charge in [0.25, 0.3) is 0 Å². The highest BCUT2D eigenvalue weighted by Gasteiger charge is 2.14. The van der Waals surface area contributed by atoms with Crippen molar-refractivity contribution in [3.8, 4) is 0 Å². The highest BCUT2D eigenvalue weighted by Crippen LogP contribution is 2.22.